The van der Waals surface area contributed by atoms with Crippen molar-refractivity contribution in [1.29, 1.82) is 5.26 Å². The fourth-order valence-electron chi connectivity index (χ4n) is 5.96. The Morgan fingerprint density at radius 1 is 1.19 bits per heavy atom. The van der Waals surface area contributed by atoms with Crippen molar-refractivity contribution in [2.24, 2.45) is 17.8 Å². The fraction of sp³-hybridized carbons (Fsp3) is 0.619. The van der Waals surface area contributed by atoms with Crippen LogP contribution < -0.4 is 4.74 Å². The summed E-state index contributed by atoms with van der Waals surface area (Å²) in [4.78, 5) is 14.9. The summed E-state index contributed by atoms with van der Waals surface area (Å²) in [6.45, 7) is 0.274. The van der Waals surface area contributed by atoms with Crippen LogP contribution in [0.25, 0.3) is 0 Å². The molecule has 0 atom stereocenters. The number of hydrogen-bond acceptors (Lipinski definition) is 3. The molecule has 4 aliphatic carbocycles. The van der Waals surface area contributed by atoms with E-state index in [1.54, 1.807) is 12.1 Å². The first-order valence-electron chi connectivity index (χ1n) is 9.64. The van der Waals surface area contributed by atoms with Gasteiger partial charge in [-0.1, -0.05) is 12.1 Å². The van der Waals surface area contributed by atoms with Gasteiger partial charge in [0.25, 0.3) is 5.91 Å². The molecule has 0 saturated heterocycles. The minimum Gasteiger partial charge on any atom is -0.481 e. The van der Waals surface area contributed by atoms with Crippen molar-refractivity contribution < 1.29 is 13.9 Å². The van der Waals surface area contributed by atoms with Gasteiger partial charge in [-0.2, -0.15) is 5.26 Å². The smallest absolute Gasteiger partial charge is 0.261 e. The summed E-state index contributed by atoms with van der Waals surface area (Å²) >= 11 is 0. The van der Waals surface area contributed by atoms with E-state index in [-0.39, 0.29) is 23.8 Å². The summed E-state index contributed by atoms with van der Waals surface area (Å²) in [6.07, 6.45) is 7.37. The predicted molar refractivity (Wildman–Crippen MR) is 94.7 cm³/mol. The van der Waals surface area contributed by atoms with Gasteiger partial charge in [-0.3, -0.25) is 4.79 Å². The number of hydrogen-bond donors (Lipinski definition) is 0. The van der Waals surface area contributed by atoms with E-state index < -0.39 is 5.82 Å². The lowest BCUT2D eigenvalue weighted by Crippen LogP contribution is -2.62. The molecule has 5 heteroatoms. The first-order chi connectivity index (χ1) is 12.6. The molecule has 1 aromatic carbocycles. The van der Waals surface area contributed by atoms with Crippen molar-refractivity contribution in [2.45, 2.75) is 50.5 Å². The predicted octanol–water partition coefficient (Wildman–Crippen LogP) is 3.92. The average molecular weight is 356 g/mol. The highest BCUT2D eigenvalue weighted by molar-refractivity contribution is 5.78. The number of carbonyl (C=O) groups is 1. The second kappa shape index (κ2) is 6.90. The summed E-state index contributed by atoms with van der Waals surface area (Å²) in [5, 5.41) is 9.05. The Kier molecular flexibility index (Phi) is 4.60. The molecule has 0 spiro atoms. The normalized spacial score (nSPS) is 31.5. The summed E-state index contributed by atoms with van der Waals surface area (Å²) in [6, 6.07) is 8.32. The maximum Gasteiger partial charge on any atom is 0.261 e. The van der Waals surface area contributed by atoms with Crippen molar-refractivity contribution in [3.05, 3.63) is 30.1 Å². The van der Waals surface area contributed by atoms with Crippen LogP contribution in [0.15, 0.2) is 24.3 Å². The molecule has 4 nitrogen and oxygen atoms in total. The van der Waals surface area contributed by atoms with E-state index in [1.807, 2.05) is 4.90 Å². The van der Waals surface area contributed by atoms with Crippen LogP contribution in [0.4, 0.5) is 4.39 Å². The Hall–Kier alpha value is -2.09. The molecule has 26 heavy (non-hydrogen) atoms. The molecule has 1 amide bonds. The molecule has 4 aliphatic rings. The number of amides is 1. The van der Waals surface area contributed by atoms with Crippen LogP contribution in [0.2, 0.25) is 0 Å². The molecular formula is C21H25FN2O2. The molecule has 4 fully saturated rings. The molecule has 4 saturated carbocycles. The largest absolute Gasteiger partial charge is 0.481 e. The number of rotatable bonds is 6. The van der Waals surface area contributed by atoms with E-state index in [2.05, 4.69) is 6.07 Å². The van der Waals surface area contributed by atoms with Gasteiger partial charge in [-0.15, -0.1) is 0 Å². The lowest BCUT2D eigenvalue weighted by molar-refractivity contribution is -0.152. The minimum atomic E-state index is -0.460. The van der Waals surface area contributed by atoms with E-state index in [1.165, 1.54) is 31.4 Å². The van der Waals surface area contributed by atoms with Crippen molar-refractivity contribution in [1.82, 2.24) is 4.90 Å². The summed E-state index contributed by atoms with van der Waals surface area (Å²) in [5.41, 5.74) is -0.110. The monoisotopic (exact) mass is 356 g/mol. The zero-order chi connectivity index (χ0) is 18.1. The first-order valence-corrected chi connectivity index (χ1v) is 9.64. The lowest BCUT2D eigenvalue weighted by atomic mass is 9.52. The van der Waals surface area contributed by atoms with Crippen LogP contribution in [0.1, 0.15) is 44.9 Å². The molecule has 4 bridgehead atoms. The maximum atomic E-state index is 13.8. The third-order valence-corrected chi connectivity index (χ3v) is 6.51. The summed E-state index contributed by atoms with van der Waals surface area (Å²) in [7, 11) is 0. The van der Waals surface area contributed by atoms with Crippen molar-refractivity contribution >= 4 is 5.91 Å². The molecule has 5 rings (SSSR count). The molecule has 0 N–H and O–H groups in total. The number of ether oxygens (including phenoxy) is 1. The van der Waals surface area contributed by atoms with Gasteiger partial charge in [0.15, 0.2) is 18.2 Å². The Morgan fingerprint density at radius 3 is 2.38 bits per heavy atom. The van der Waals surface area contributed by atoms with Gasteiger partial charge in [-0.25, -0.2) is 4.39 Å². The Labute approximate surface area is 153 Å². The maximum absolute atomic E-state index is 13.8. The second-order valence-electron chi connectivity index (χ2n) is 8.31. The highest BCUT2D eigenvalue weighted by Crippen LogP contribution is 2.57. The zero-order valence-electron chi connectivity index (χ0n) is 15.0. The van der Waals surface area contributed by atoms with Gasteiger partial charge >= 0.3 is 0 Å². The van der Waals surface area contributed by atoms with Crippen molar-refractivity contribution in [2.75, 3.05) is 13.2 Å². The number of benzene rings is 1. The van der Waals surface area contributed by atoms with Gasteiger partial charge in [0.2, 0.25) is 0 Å². The van der Waals surface area contributed by atoms with E-state index in [0.717, 1.165) is 19.3 Å². The van der Waals surface area contributed by atoms with Gasteiger partial charge in [-0.05, 0) is 68.4 Å². The average Bonchev–Trinajstić information content (AvgIpc) is 2.60. The van der Waals surface area contributed by atoms with Crippen molar-refractivity contribution in [3.63, 3.8) is 0 Å². The summed E-state index contributed by atoms with van der Waals surface area (Å²) in [5.74, 6) is 1.67. The number of carbonyl (C=O) groups excluding carboxylic acids is 1. The van der Waals surface area contributed by atoms with E-state index in [0.29, 0.717) is 30.7 Å². The second-order valence-corrected chi connectivity index (χ2v) is 8.31. The summed E-state index contributed by atoms with van der Waals surface area (Å²) < 4.78 is 19.2. The molecule has 0 radical (unpaired) electrons. The van der Waals surface area contributed by atoms with Crippen LogP contribution in [0, 0.1) is 34.9 Å². The van der Waals surface area contributed by atoms with Crippen LogP contribution >= 0.6 is 0 Å². The number of nitriles is 1. The van der Waals surface area contributed by atoms with Gasteiger partial charge in [0, 0.05) is 12.1 Å². The highest BCUT2D eigenvalue weighted by atomic mass is 19.1. The van der Waals surface area contributed by atoms with Crippen molar-refractivity contribution in [3.8, 4) is 11.8 Å². The Balaban J connectivity index is 1.50. The standard InChI is InChI=1S/C21H25FN2O2/c22-18-4-1-2-5-19(18)26-14-20(25)24(7-3-6-23)21-11-15-8-16(12-21)10-17(9-15)13-21/h1-2,4-5,15-17H,3,7-14H2. The SMILES string of the molecule is N#CCCN(C(=O)COc1ccccc1F)C12CC3CC(CC(C3)C1)C2. The Morgan fingerprint density at radius 2 is 1.81 bits per heavy atom. The van der Waals surface area contributed by atoms with E-state index in [4.69, 9.17) is 10.00 Å². The Bertz CT molecular complexity index is 692. The topological polar surface area (TPSA) is 53.3 Å². The van der Waals surface area contributed by atoms with E-state index >= 15 is 0 Å². The van der Waals surface area contributed by atoms with Crippen LogP contribution in [-0.4, -0.2) is 29.5 Å². The van der Waals surface area contributed by atoms with Gasteiger partial charge in [0.05, 0.1) is 12.5 Å². The minimum absolute atomic E-state index is 0.103. The van der Waals surface area contributed by atoms with Gasteiger partial charge in [0.1, 0.15) is 0 Å². The molecule has 138 valence electrons. The highest BCUT2D eigenvalue weighted by Gasteiger charge is 2.54. The zero-order valence-corrected chi connectivity index (χ0v) is 15.0. The number of halogens is 1. The first kappa shape index (κ1) is 17.3. The number of nitrogens with zero attached hydrogens (tertiary/aromatic N) is 2. The molecule has 0 aromatic heterocycles. The molecule has 1 aromatic rings. The van der Waals surface area contributed by atoms with Crippen LogP contribution in [0.5, 0.6) is 5.75 Å². The molecule has 0 heterocycles. The van der Waals surface area contributed by atoms with Crippen LogP contribution in [-0.2, 0) is 4.79 Å². The molecule has 0 unspecified atom stereocenters. The third-order valence-electron chi connectivity index (χ3n) is 6.51. The lowest BCUT2D eigenvalue weighted by Gasteiger charge is -2.60. The quantitative estimate of drug-likeness (QED) is 0.776. The fourth-order valence-corrected chi connectivity index (χ4v) is 5.96. The number of para-hydroxylation sites is 1. The van der Waals surface area contributed by atoms with E-state index in [9.17, 15) is 9.18 Å². The molecule has 0 aliphatic heterocycles. The third kappa shape index (κ3) is 3.18. The van der Waals surface area contributed by atoms with Gasteiger partial charge < -0.3 is 9.64 Å². The molecular weight excluding hydrogens is 331 g/mol. The van der Waals surface area contributed by atoms with Crippen LogP contribution in [0.3, 0.4) is 0 Å².